The minimum Gasteiger partial charge on any atom is -0.381 e. The Morgan fingerprint density at radius 2 is 2.30 bits per heavy atom. The van der Waals surface area contributed by atoms with Crippen LogP contribution in [0.3, 0.4) is 0 Å². The van der Waals surface area contributed by atoms with E-state index >= 15 is 0 Å². The zero-order chi connectivity index (χ0) is 13.9. The standard InChI is InChI=1S/C16H23FN2O/c1-2-14-3-4-15(12-6-8-20-11-12)16(18-14)10-19-7-5-13(17)9-19/h3-4,12-13H,2,5-11H2,1H3/t12-,13-/m1/s1. The molecule has 2 saturated heterocycles. The Bertz CT molecular complexity index is 460. The van der Waals surface area contributed by atoms with Gasteiger partial charge in [-0.15, -0.1) is 0 Å². The predicted molar refractivity (Wildman–Crippen MR) is 76.6 cm³/mol. The van der Waals surface area contributed by atoms with Gasteiger partial charge in [-0.3, -0.25) is 9.88 Å². The molecule has 2 aliphatic heterocycles. The number of likely N-dealkylation sites (tertiary alicyclic amines) is 1. The first-order valence-electron chi connectivity index (χ1n) is 7.69. The first-order chi connectivity index (χ1) is 9.76. The fourth-order valence-corrected chi connectivity index (χ4v) is 3.17. The molecule has 0 bridgehead atoms. The third-order valence-electron chi connectivity index (χ3n) is 4.39. The van der Waals surface area contributed by atoms with Crippen LogP contribution in [-0.2, 0) is 17.7 Å². The molecule has 0 amide bonds. The van der Waals surface area contributed by atoms with Crippen LogP contribution < -0.4 is 0 Å². The van der Waals surface area contributed by atoms with Gasteiger partial charge in [0.25, 0.3) is 0 Å². The minimum atomic E-state index is -0.664. The second kappa shape index (κ2) is 6.19. The number of hydrogen-bond donors (Lipinski definition) is 0. The van der Waals surface area contributed by atoms with Gasteiger partial charge in [0.05, 0.1) is 12.3 Å². The lowest BCUT2D eigenvalue weighted by molar-refractivity contribution is 0.193. The van der Waals surface area contributed by atoms with Crippen molar-refractivity contribution in [2.75, 3.05) is 26.3 Å². The maximum atomic E-state index is 13.3. The Morgan fingerprint density at radius 3 is 2.95 bits per heavy atom. The monoisotopic (exact) mass is 278 g/mol. The van der Waals surface area contributed by atoms with Gasteiger partial charge in [0.2, 0.25) is 0 Å². The van der Waals surface area contributed by atoms with Crippen LogP contribution in [0.15, 0.2) is 12.1 Å². The van der Waals surface area contributed by atoms with Gasteiger partial charge >= 0.3 is 0 Å². The van der Waals surface area contributed by atoms with E-state index in [1.54, 1.807) is 0 Å². The second-order valence-electron chi connectivity index (χ2n) is 5.87. The van der Waals surface area contributed by atoms with Crippen LogP contribution in [0, 0.1) is 0 Å². The molecule has 1 aromatic heterocycles. The fraction of sp³-hybridized carbons (Fsp3) is 0.688. The molecule has 0 aliphatic carbocycles. The third-order valence-corrected chi connectivity index (χ3v) is 4.39. The molecule has 2 fully saturated rings. The minimum absolute atomic E-state index is 0.465. The van der Waals surface area contributed by atoms with Gasteiger partial charge in [0, 0.05) is 37.9 Å². The molecule has 2 atom stereocenters. The van der Waals surface area contributed by atoms with Crippen molar-refractivity contribution < 1.29 is 9.13 Å². The van der Waals surface area contributed by atoms with Gasteiger partial charge in [-0.05, 0) is 30.9 Å². The lowest BCUT2D eigenvalue weighted by atomic mass is 9.96. The van der Waals surface area contributed by atoms with E-state index in [1.165, 1.54) is 5.56 Å². The van der Waals surface area contributed by atoms with E-state index in [2.05, 4.69) is 24.0 Å². The number of hydrogen-bond acceptors (Lipinski definition) is 3. The predicted octanol–water partition coefficient (Wildman–Crippen LogP) is 2.69. The number of aromatic nitrogens is 1. The topological polar surface area (TPSA) is 25.4 Å². The quantitative estimate of drug-likeness (QED) is 0.846. The summed E-state index contributed by atoms with van der Waals surface area (Å²) in [6.45, 7) is 5.94. The first-order valence-corrected chi connectivity index (χ1v) is 7.69. The highest BCUT2D eigenvalue weighted by atomic mass is 19.1. The molecule has 3 heterocycles. The number of ether oxygens (including phenoxy) is 1. The van der Waals surface area contributed by atoms with Crippen LogP contribution in [0.25, 0.3) is 0 Å². The van der Waals surface area contributed by atoms with Crippen LogP contribution in [-0.4, -0.2) is 42.4 Å². The van der Waals surface area contributed by atoms with Gasteiger partial charge < -0.3 is 4.74 Å². The second-order valence-corrected chi connectivity index (χ2v) is 5.87. The highest BCUT2D eigenvalue weighted by molar-refractivity contribution is 5.28. The van der Waals surface area contributed by atoms with Crippen molar-refractivity contribution in [1.29, 1.82) is 0 Å². The van der Waals surface area contributed by atoms with Gasteiger partial charge in [0.15, 0.2) is 0 Å². The maximum Gasteiger partial charge on any atom is 0.114 e. The van der Waals surface area contributed by atoms with E-state index in [0.717, 1.165) is 50.5 Å². The van der Waals surface area contributed by atoms with E-state index in [-0.39, 0.29) is 0 Å². The van der Waals surface area contributed by atoms with Crippen molar-refractivity contribution in [2.45, 2.75) is 44.8 Å². The van der Waals surface area contributed by atoms with Crippen LogP contribution in [0.2, 0.25) is 0 Å². The van der Waals surface area contributed by atoms with E-state index in [9.17, 15) is 4.39 Å². The summed E-state index contributed by atoms with van der Waals surface area (Å²) in [4.78, 5) is 6.99. The van der Waals surface area contributed by atoms with Crippen molar-refractivity contribution in [1.82, 2.24) is 9.88 Å². The molecule has 3 nitrogen and oxygen atoms in total. The van der Waals surface area contributed by atoms with Crippen molar-refractivity contribution >= 4 is 0 Å². The van der Waals surface area contributed by atoms with Gasteiger partial charge in [0.1, 0.15) is 6.17 Å². The molecule has 2 aliphatic rings. The lowest BCUT2D eigenvalue weighted by Gasteiger charge is -2.19. The molecule has 1 aromatic rings. The molecule has 4 heteroatoms. The van der Waals surface area contributed by atoms with Crippen LogP contribution >= 0.6 is 0 Å². The summed E-state index contributed by atoms with van der Waals surface area (Å²) in [5, 5.41) is 0. The Hall–Kier alpha value is -1.00. The van der Waals surface area contributed by atoms with Crippen LogP contribution in [0.1, 0.15) is 42.6 Å². The number of halogens is 1. The summed E-state index contributed by atoms with van der Waals surface area (Å²) >= 11 is 0. The van der Waals surface area contributed by atoms with E-state index in [4.69, 9.17) is 9.72 Å². The SMILES string of the molecule is CCc1ccc([C@@H]2CCOC2)c(CN2CC[C@@H](F)C2)n1. The summed E-state index contributed by atoms with van der Waals surface area (Å²) in [6, 6.07) is 4.34. The van der Waals surface area contributed by atoms with Crippen molar-refractivity contribution in [2.24, 2.45) is 0 Å². The number of nitrogens with zero attached hydrogens (tertiary/aromatic N) is 2. The maximum absolute atomic E-state index is 13.3. The molecular formula is C16H23FN2O. The molecule has 110 valence electrons. The van der Waals surface area contributed by atoms with E-state index in [0.29, 0.717) is 18.9 Å². The van der Waals surface area contributed by atoms with Crippen LogP contribution in [0.5, 0.6) is 0 Å². The molecule has 0 N–H and O–H groups in total. The first kappa shape index (κ1) is 14.0. The van der Waals surface area contributed by atoms with Crippen molar-refractivity contribution in [3.8, 4) is 0 Å². The summed E-state index contributed by atoms with van der Waals surface area (Å²) < 4.78 is 18.8. The summed E-state index contributed by atoms with van der Waals surface area (Å²) in [6.07, 6.45) is 2.02. The highest BCUT2D eigenvalue weighted by Gasteiger charge is 2.26. The number of rotatable bonds is 4. The third kappa shape index (κ3) is 3.01. The Morgan fingerprint density at radius 1 is 1.40 bits per heavy atom. The summed E-state index contributed by atoms with van der Waals surface area (Å²) in [7, 11) is 0. The molecule has 0 aromatic carbocycles. The van der Waals surface area contributed by atoms with Gasteiger partial charge in [-0.1, -0.05) is 13.0 Å². The normalized spacial score (nSPS) is 27.3. The molecule has 0 unspecified atom stereocenters. The number of alkyl halides is 1. The van der Waals surface area contributed by atoms with E-state index in [1.807, 2.05) is 0 Å². The van der Waals surface area contributed by atoms with Gasteiger partial charge in [-0.25, -0.2) is 4.39 Å². The number of pyridine rings is 1. The zero-order valence-electron chi connectivity index (χ0n) is 12.1. The smallest absolute Gasteiger partial charge is 0.114 e. The average molecular weight is 278 g/mol. The van der Waals surface area contributed by atoms with Crippen molar-refractivity contribution in [3.05, 3.63) is 29.1 Å². The molecule has 20 heavy (non-hydrogen) atoms. The average Bonchev–Trinajstić information content (AvgIpc) is 3.10. The van der Waals surface area contributed by atoms with Gasteiger partial charge in [-0.2, -0.15) is 0 Å². The largest absolute Gasteiger partial charge is 0.381 e. The van der Waals surface area contributed by atoms with Crippen molar-refractivity contribution in [3.63, 3.8) is 0 Å². The molecule has 0 saturated carbocycles. The lowest BCUT2D eigenvalue weighted by Crippen LogP contribution is -2.23. The molecule has 0 radical (unpaired) electrons. The Kier molecular flexibility index (Phi) is 4.32. The van der Waals surface area contributed by atoms with Crippen LogP contribution in [0.4, 0.5) is 4.39 Å². The summed E-state index contributed by atoms with van der Waals surface area (Å²) in [5.41, 5.74) is 3.56. The fourth-order valence-electron chi connectivity index (χ4n) is 3.17. The Labute approximate surface area is 120 Å². The summed E-state index contributed by atoms with van der Waals surface area (Å²) in [5.74, 6) is 0.465. The van der Waals surface area contributed by atoms with E-state index < -0.39 is 6.17 Å². The zero-order valence-corrected chi connectivity index (χ0v) is 12.1. The molecule has 3 rings (SSSR count). The molecule has 0 spiro atoms. The Balaban J connectivity index is 1.81. The molecular weight excluding hydrogens is 255 g/mol. The number of aryl methyl sites for hydroxylation is 1. The highest BCUT2D eigenvalue weighted by Crippen LogP contribution is 2.29.